The van der Waals surface area contributed by atoms with Gasteiger partial charge in [-0.2, -0.15) is 4.99 Å². The van der Waals surface area contributed by atoms with Crippen LogP contribution in [0.1, 0.15) is 55.6 Å². The highest BCUT2D eigenvalue weighted by atomic mass is 16.1. The van der Waals surface area contributed by atoms with E-state index in [1.807, 2.05) is 0 Å². The largest absolute Gasteiger partial charge is 0.235 e. The Bertz CT molecular complexity index is 466. The summed E-state index contributed by atoms with van der Waals surface area (Å²) in [6.07, 6.45) is 8.90. The summed E-state index contributed by atoms with van der Waals surface area (Å²) in [5.41, 5.74) is 2.42. The number of isocyanates is 1. The van der Waals surface area contributed by atoms with E-state index in [9.17, 15) is 4.79 Å². The summed E-state index contributed by atoms with van der Waals surface area (Å²) >= 11 is 0. The van der Waals surface area contributed by atoms with Gasteiger partial charge >= 0.3 is 0 Å². The molecule has 0 heterocycles. The van der Waals surface area contributed by atoms with Crippen LogP contribution in [-0.4, -0.2) is 6.08 Å². The maximum absolute atomic E-state index is 10.6. The molecular weight excluding hydrogens is 210 g/mol. The van der Waals surface area contributed by atoms with Crippen LogP contribution in [0.3, 0.4) is 0 Å². The Kier molecular flexibility index (Phi) is 2.60. The summed E-state index contributed by atoms with van der Waals surface area (Å²) in [6.45, 7) is 0. The topological polar surface area (TPSA) is 29.4 Å². The molecule has 1 aromatic rings. The Labute approximate surface area is 102 Å². The lowest BCUT2D eigenvalue weighted by Gasteiger charge is -2.38. The van der Waals surface area contributed by atoms with E-state index in [-0.39, 0.29) is 5.54 Å². The number of hydrogen-bond donors (Lipinski definition) is 0. The third-order valence-corrected chi connectivity index (χ3v) is 4.44. The van der Waals surface area contributed by atoms with Crippen molar-refractivity contribution in [1.82, 2.24) is 0 Å². The number of hydrogen-bond acceptors (Lipinski definition) is 2. The molecule has 2 heteroatoms. The van der Waals surface area contributed by atoms with Gasteiger partial charge in [0, 0.05) is 0 Å². The molecule has 0 unspecified atom stereocenters. The van der Waals surface area contributed by atoms with Crippen LogP contribution in [0.25, 0.3) is 0 Å². The van der Waals surface area contributed by atoms with E-state index in [0.29, 0.717) is 0 Å². The van der Waals surface area contributed by atoms with Crippen molar-refractivity contribution in [2.24, 2.45) is 4.99 Å². The van der Waals surface area contributed by atoms with Crippen LogP contribution >= 0.6 is 0 Å². The fourth-order valence-corrected chi connectivity index (χ4v) is 2.89. The van der Waals surface area contributed by atoms with Gasteiger partial charge in [0.25, 0.3) is 0 Å². The van der Waals surface area contributed by atoms with Crippen LogP contribution < -0.4 is 0 Å². The molecule has 0 saturated heterocycles. The first-order valence-corrected chi connectivity index (χ1v) is 6.53. The molecule has 2 aliphatic carbocycles. The molecule has 2 aliphatic rings. The van der Waals surface area contributed by atoms with Gasteiger partial charge in [0.15, 0.2) is 0 Å². The lowest BCUT2D eigenvalue weighted by atomic mass is 9.71. The molecule has 0 radical (unpaired) electrons. The second-order valence-corrected chi connectivity index (χ2v) is 5.34. The molecule has 88 valence electrons. The van der Waals surface area contributed by atoms with Gasteiger partial charge in [-0.25, -0.2) is 4.79 Å². The Morgan fingerprint density at radius 3 is 2.59 bits per heavy atom. The van der Waals surface area contributed by atoms with Crippen molar-refractivity contribution in [1.29, 1.82) is 0 Å². The van der Waals surface area contributed by atoms with Crippen molar-refractivity contribution in [2.75, 3.05) is 0 Å². The number of benzene rings is 1. The molecule has 2 fully saturated rings. The molecule has 0 aliphatic heterocycles. The van der Waals surface area contributed by atoms with Gasteiger partial charge in [-0.1, -0.05) is 30.7 Å². The first-order chi connectivity index (χ1) is 8.34. The molecule has 0 bridgehead atoms. The van der Waals surface area contributed by atoms with Crippen LogP contribution in [0.2, 0.25) is 0 Å². The fourth-order valence-electron chi connectivity index (χ4n) is 2.89. The van der Waals surface area contributed by atoms with E-state index in [1.165, 1.54) is 36.8 Å². The predicted octanol–water partition coefficient (Wildman–Crippen LogP) is 3.67. The summed E-state index contributed by atoms with van der Waals surface area (Å²) in [5, 5.41) is 0. The van der Waals surface area contributed by atoms with Crippen LogP contribution in [0.4, 0.5) is 0 Å². The van der Waals surface area contributed by atoms with E-state index < -0.39 is 0 Å². The third kappa shape index (κ3) is 1.73. The third-order valence-electron chi connectivity index (χ3n) is 4.44. The molecule has 0 aromatic heterocycles. The molecule has 2 saturated carbocycles. The number of nitrogens with zero attached hydrogens (tertiary/aromatic N) is 1. The summed E-state index contributed by atoms with van der Waals surface area (Å²) in [4.78, 5) is 14.7. The zero-order valence-electron chi connectivity index (χ0n) is 9.98. The number of rotatable bonds is 3. The summed E-state index contributed by atoms with van der Waals surface area (Å²) in [7, 11) is 0. The molecule has 0 N–H and O–H groups in total. The predicted molar refractivity (Wildman–Crippen MR) is 66.7 cm³/mol. The van der Waals surface area contributed by atoms with Crippen molar-refractivity contribution < 1.29 is 4.79 Å². The van der Waals surface area contributed by atoms with Gasteiger partial charge < -0.3 is 0 Å². The van der Waals surface area contributed by atoms with Crippen LogP contribution in [0, 0.1) is 0 Å². The average Bonchev–Trinajstić information content (AvgIpc) is 2.21. The summed E-state index contributed by atoms with van der Waals surface area (Å²) < 4.78 is 0. The second-order valence-electron chi connectivity index (χ2n) is 5.34. The highest BCUT2D eigenvalue weighted by Gasteiger charge is 2.39. The number of aliphatic imine (C=N–C) groups is 1. The minimum absolute atomic E-state index is 0.235. The minimum atomic E-state index is -0.235. The van der Waals surface area contributed by atoms with E-state index in [2.05, 4.69) is 29.3 Å². The second kappa shape index (κ2) is 4.12. The Morgan fingerprint density at radius 1 is 1.24 bits per heavy atom. The zero-order valence-corrected chi connectivity index (χ0v) is 9.98. The quantitative estimate of drug-likeness (QED) is 0.572. The highest BCUT2D eigenvalue weighted by Crippen LogP contribution is 2.46. The fraction of sp³-hybridized carbons (Fsp3) is 0.533. The molecule has 0 atom stereocenters. The molecule has 0 spiro atoms. The lowest BCUT2D eigenvalue weighted by molar-refractivity contribution is 0.255. The summed E-state index contributed by atoms with van der Waals surface area (Å²) in [5.74, 6) is 0.743. The maximum atomic E-state index is 10.6. The van der Waals surface area contributed by atoms with E-state index in [1.54, 1.807) is 6.08 Å². The smallest absolute Gasteiger partial charge is 0.211 e. The molecule has 2 nitrogen and oxygen atoms in total. The van der Waals surface area contributed by atoms with Crippen molar-refractivity contribution in [3.8, 4) is 0 Å². The Morgan fingerprint density at radius 2 is 2.06 bits per heavy atom. The minimum Gasteiger partial charge on any atom is -0.211 e. The van der Waals surface area contributed by atoms with Crippen LogP contribution in [-0.2, 0) is 10.3 Å². The maximum Gasteiger partial charge on any atom is 0.235 e. The average molecular weight is 227 g/mol. The zero-order chi connectivity index (χ0) is 11.7. The Balaban J connectivity index is 1.93. The van der Waals surface area contributed by atoms with Gasteiger partial charge in [0.05, 0.1) is 5.54 Å². The van der Waals surface area contributed by atoms with Gasteiger partial charge in [-0.15, -0.1) is 0 Å². The lowest BCUT2D eigenvalue weighted by Crippen LogP contribution is -2.32. The molecule has 1 aromatic carbocycles. The monoisotopic (exact) mass is 227 g/mol. The number of carbonyl (C=O) groups excluding carboxylic acids is 1. The first kappa shape index (κ1) is 10.7. The normalized spacial score (nSPS) is 22.1. The standard InChI is InChI=1S/C15H17NO/c17-11-16-15(8-3-9-15)14-7-2-6-13(10-14)12-4-1-5-12/h2,6-7,10,12H,1,3-5,8-9H2. The van der Waals surface area contributed by atoms with E-state index >= 15 is 0 Å². The van der Waals surface area contributed by atoms with Crippen molar-refractivity contribution in [3.63, 3.8) is 0 Å². The molecule has 0 amide bonds. The van der Waals surface area contributed by atoms with Gasteiger partial charge in [0.1, 0.15) is 0 Å². The summed E-state index contributed by atoms with van der Waals surface area (Å²) in [6, 6.07) is 8.71. The van der Waals surface area contributed by atoms with Crippen molar-refractivity contribution >= 4 is 6.08 Å². The van der Waals surface area contributed by atoms with E-state index in [0.717, 1.165) is 18.8 Å². The van der Waals surface area contributed by atoms with Crippen molar-refractivity contribution in [2.45, 2.75) is 50.0 Å². The van der Waals surface area contributed by atoms with Gasteiger partial charge in [-0.3, -0.25) is 0 Å². The van der Waals surface area contributed by atoms with E-state index in [4.69, 9.17) is 0 Å². The van der Waals surface area contributed by atoms with Gasteiger partial charge in [-0.05, 0) is 49.1 Å². The molecule has 17 heavy (non-hydrogen) atoms. The highest BCUT2D eigenvalue weighted by molar-refractivity contribution is 5.41. The van der Waals surface area contributed by atoms with Crippen molar-refractivity contribution in [3.05, 3.63) is 35.4 Å². The SMILES string of the molecule is O=C=NC1(c2cccc(C3CCC3)c2)CCC1. The molecular formula is C15H17NO. The first-order valence-electron chi connectivity index (χ1n) is 6.53. The van der Waals surface area contributed by atoms with Crippen LogP contribution in [0.15, 0.2) is 29.3 Å². The van der Waals surface area contributed by atoms with Crippen LogP contribution in [0.5, 0.6) is 0 Å². The molecule has 3 rings (SSSR count). The van der Waals surface area contributed by atoms with Gasteiger partial charge in [0.2, 0.25) is 6.08 Å². The Hall–Kier alpha value is -1.40.